The fourth-order valence-corrected chi connectivity index (χ4v) is 3.45. The van der Waals surface area contributed by atoms with Gasteiger partial charge in [0.05, 0.1) is 13.2 Å². The first-order valence-corrected chi connectivity index (χ1v) is 7.67. The molecule has 2 fully saturated rings. The van der Waals surface area contributed by atoms with Crippen molar-refractivity contribution >= 4 is 11.4 Å². The standard InChI is InChI=1S/C16H25N3O/c1-13-12-14(17)2-3-16(13)19-6-4-15(5-7-19)18-8-10-20-11-9-18/h2-3,12,15H,4-11,17H2,1H3. The molecule has 0 aliphatic carbocycles. The highest BCUT2D eigenvalue weighted by Gasteiger charge is 2.26. The zero-order valence-corrected chi connectivity index (χ0v) is 12.3. The van der Waals surface area contributed by atoms with E-state index in [0.717, 1.165) is 51.1 Å². The number of hydrogen-bond acceptors (Lipinski definition) is 4. The molecule has 2 aliphatic heterocycles. The number of morpholine rings is 1. The number of ether oxygens (including phenoxy) is 1. The summed E-state index contributed by atoms with van der Waals surface area (Å²) in [4.78, 5) is 5.11. The number of rotatable bonds is 2. The summed E-state index contributed by atoms with van der Waals surface area (Å²) in [5.74, 6) is 0. The average molecular weight is 275 g/mol. The van der Waals surface area contributed by atoms with Crippen molar-refractivity contribution in [3.05, 3.63) is 23.8 Å². The first-order chi connectivity index (χ1) is 9.74. The minimum Gasteiger partial charge on any atom is -0.399 e. The van der Waals surface area contributed by atoms with E-state index >= 15 is 0 Å². The summed E-state index contributed by atoms with van der Waals surface area (Å²) in [7, 11) is 0. The molecule has 0 unspecified atom stereocenters. The summed E-state index contributed by atoms with van der Waals surface area (Å²) >= 11 is 0. The van der Waals surface area contributed by atoms with E-state index < -0.39 is 0 Å². The molecule has 0 aromatic heterocycles. The second-order valence-corrected chi connectivity index (χ2v) is 5.91. The van der Waals surface area contributed by atoms with Crippen LogP contribution in [0, 0.1) is 6.92 Å². The van der Waals surface area contributed by atoms with Crippen molar-refractivity contribution < 1.29 is 4.74 Å². The molecule has 0 saturated carbocycles. The lowest BCUT2D eigenvalue weighted by molar-refractivity contribution is 0.0115. The Morgan fingerprint density at radius 1 is 1.10 bits per heavy atom. The van der Waals surface area contributed by atoms with Gasteiger partial charge in [-0.2, -0.15) is 0 Å². The molecule has 2 saturated heterocycles. The van der Waals surface area contributed by atoms with E-state index in [1.165, 1.54) is 24.1 Å². The summed E-state index contributed by atoms with van der Waals surface area (Å²) in [5, 5.41) is 0. The molecule has 0 bridgehead atoms. The van der Waals surface area contributed by atoms with E-state index in [1.54, 1.807) is 0 Å². The van der Waals surface area contributed by atoms with Gasteiger partial charge in [-0.3, -0.25) is 4.90 Å². The number of nitrogens with two attached hydrogens (primary N) is 1. The van der Waals surface area contributed by atoms with Crippen molar-refractivity contribution in [2.45, 2.75) is 25.8 Å². The van der Waals surface area contributed by atoms with Gasteiger partial charge in [0.1, 0.15) is 0 Å². The van der Waals surface area contributed by atoms with Crippen LogP contribution in [0.2, 0.25) is 0 Å². The summed E-state index contributed by atoms with van der Waals surface area (Å²) in [5.41, 5.74) is 9.33. The van der Waals surface area contributed by atoms with Crippen molar-refractivity contribution in [1.29, 1.82) is 0 Å². The molecule has 0 radical (unpaired) electrons. The number of benzene rings is 1. The first kappa shape index (κ1) is 13.7. The second kappa shape index (κ2) is 6.02. The molecule has 2 N–H and O–H groups in total. The van der Waals surface area contributed by atoms with Gasteiger partial charge in [-0.05, 0) is 43.5 Å². The van der Waals surface area contributed by atoms with Gasteiger partial charge in [0.25, 0.3) is 0 Å². The predicted octanol–water partition coefficient (Wildman–Crippen LogP) is 1.88. The molecule has 1 aromatic rings. The monoisotopic (exact) mass is 275 g/mol. The SMILES string of the molecule is Cc1cc(N)ccc1N1CCC(N2CCOCC2)CC1. The molecule has 0 atom stereocenters. The fourth-order valence-electron chi connectivity index (χ4n) is 3.45. The van der Waals surface area contributed by atoms with Gasteiger partial charge in [-0.15, -0.1) is 0 Å². The van der Waals surface area contributed by atoms with Crippen molar-refractivity contribution in [3.8, 4) is 0 Å². The number of nitrogens with zero attached hydrogens (tertiary/aromatic N) is 2. The van der Waals surface area contributed by atoms with E-state index in [9.17, 15) is 0 Å². The van der Waals surface area contributed by atoms with Crippen LogP contribution in [0.1, 0.15) is 18.4 Å². The number of hydrogen-bond donors (Lipinski definition) is 1. The van der Waals surface area contributed by atoms with Crippen LogP contribution in [0.5, 0.6) is 0 Å². The topological polar surface area (TPSA) is 41.7 Å². The van der Waals surface area contributed by atoms with Gasteiger partial charge in [0, 0.05) is 43.6 Å². The van der Waals surface area contributed by atoms with Gasteiger partial charge < -0.3 is 15.4 Å². The second-order valence-electron chi connectivity index (χ2n) is 5.91. The quantitative estimate of drug-likeness (QED) is 0.837. The van der Waals surface area contributed by atoms with E-state index in [4.69, 9.17) is 10.5 Å². The fraction of sp³-hybridized carbons (Fsp3) is 0.625. The highest BCUT2D eigenvalue weighted by atomic mass is 16.5. The lowest BCUT2D eigenvalue weighted by Gasteiger charge is -2.41. The third-order valence-corrected chi connectivity index (χ3v) is 4.59. The van der Waals surface area contributed by atoms with Crippen LogP contribution in [0.4, 0.5) is 11.4 Å². The summed E-state index contributed by atoms with van der Waals surface area (Å²) < 4.78 is 5.44. The van der Waals surface area contributed by atoms with Gasteiger partial charge >= 0.3 is 0 Å². The molecule has 0 spiro atoms. The number of anilines is 2. The molecule has 4 nitrogen and oxygen atoms in total. The van der Waals surface area contributed by atoms with Crippen LogP contribution >= 0.6 is 0 Å². The molecular weight excluding hydrogens is 250 g/mol. The smallest absolute Gasteiger partial charge is 0.0594 e. The van der Waals surface area contributed by atoms with Gasteiger partial charge in [0.15, 0.2) is 0 Å². The highest BCUT2D eigenvalue weighted by Crippen LogP contribution is 2.27. The number of nitrogen functional groups attached to an aromatic ring is 1. The van der Waals surface area contributed by atoms with Crippen molar-refractivity contribution in [2.24, 2.45) is 0 Å². The number of aryl methyl sites for hydroxylation is 1. The van der Waals surface area contributed by atoms with Crippen molar-refractivity contribution in [3.63, 3.8) is 0 Å². The molecule has 20 heavy (non-hydrogen) atoms. The van der Waals surface area contributed by atoms with E-state index in [1.807, 2.05) is 6.07 Å². The van der Waals surface area contributed by atoms with E-state index in [-0.39, 0.29) is 0 Å². The minimum absolute atomic E-state index is 0.740. The number of piperidine rings is 1. The average Bonchev–Trinajstić information content (AvgIpc) is 2.48. The van der Waals surface area contributed by atoms with Crippen LogP contribution in [0.25, 0.3) is 0 Å². The van der Waals surface area contributed by atoms with Crippen LogP contribution in [-0.2, 0) is 4.74 Å². The lowest BCUT2D eigenvalue weighted by Crippen LogP contribution is -2.49. The zero-order valence-electron chi connectivity index (χ0n) is 12.3. The summed E-state index contributed by atoms with van der Waals surface area (Å²) in [6, 6.07) is 6.99. The van der Waals surface area contributed by atoms with Crippen LogP contribution in [-0.4, -0.2) is 50.3 Å². The van der Waals surface area contributed by atoms with E-state index in [0.29, 0.717) is 0 Å². The molecule has 1 aromatic carbocycles. The Kier molecular flexibility index (Phi) is 4.13. The Morgan fingerprint density at radius 2 is 1.80 bits per heavy atom. The Balaban J connectivity index is 1.60. The highest BCUT2D eigenvalue weighted by molar-refractivity contribution is 5.59. The lowest BCUT2D eigenvalue weighted by atomic mass is 10.0. The van der Waals surface area contributed by atoms with Crippen molar-refractivity contribution in [2.75, 3.05) is 50.0 Å². The van der Waals surface area contributed by atoms with E-state index in [2.05, 4.69) is 28.9 Å². The molecule has 2 heterocycles. The summed E-state index contributed by atoms with van der Waals surface area (Å²) in [6.07, 6.45) is 2.51. The van der Waals surface area contributed by atoms with Gasteiger partial charge in [-0.1, -0.05) is 0 Å². The van der Waals surface area contributed by atoms with Gasteiger partial charge in [-0.25, -0.2) is 0 Å². The van der Waals surface area contributed by atoms with Crippen LogP contribution < -0.4 is 10.6 Å². The third kappa shape index (κ3) is 2.91. The third-order valence-electron chi connectivity index (χ3n) is 4.59. The Hall–Kier alpha value is -1.26. The maximum Gasteiger partial charge on any atom is 0.0594 e. The molecule has 0 amide bonds. The molecule has 2 aliphatic rings. The minimum atomic E-state index is 0.740. The van der Waals surface area contributed by atoms with Crippen molar-refractivity contribution in [1.82, 2.24) is 4.90 Å². The Labute approximate surface area is 121 Å². The van der Waals surface area contributed by atoms with Gasteiger partial charge in [0.2, 0.25) is 0 Å². The Bertz CT molecular complexity index is 449. The maximum atomic E-state index is 5.84. The molecule has 110 valence electrons. The zero-order chi connectivity index (χ0) is 13.9. The molecule has 4 heteroatoms. The predicted molar refractivity (Wildman–Crippen MR) is 83.2 cm³/mol. The van der Waals surface area contributed by atoms with Crippen LogP contribution in [0.15, 0.2) is 18.2 Å². The van der Waals surface area contributed by atoms with Crippen LogP contribution in [0.3, 0.4) is 0 Å². The maximum absolute atomic E-state index is 5.84. The molecular formula is C16H25N3O. The Morgan fingerprint density at radius 3 is 2.45 bits per heavy atom. The molecule has 3 rings (SSSR count). The first-order valence-electron chi connectivity index (χ1n) is 7.67. The normalized spacial score (nSPS) is 22.1. The largest absolute Gasteiger partial charge is 0.399 e. The summed E-state index contributed by atoms with van der Waals surface area (Å²) in [6.45, 7) is 8.45.